The van der Waals surface area contributed by atoms with Crippen LogP contribution in [0.3, 0.4) is 0 Å². The maximum Gasteiger partial charge on any atom is 0.324 e. The van der Waals surface area contributed by atoms with Gasteiger partial charge in [-0.15, -0.1) is 0 Å². The van der Waals surface area contributed by atoms with Gasteiger partial charge in [0.25, 0.3) is 5.91 Å². The van der Waals surface area contributed by atoms with Gasteiger partial charge < -0.3 is 20.7 Å². The van der Waals surface area contributed by atoms with Crippen LogP contribution in [-0.4, -0.2) is 63.0 Å². The van der Waals surface area contributed by atoms with Gasteiger partial charge in [-0.25, -0.2) is 19.7 Å². The van der Waals surface area contributed by atoms with Gasteiger partial charge in [0.1, 0.15) is 11.6 Å². The Hall–Kier alpha value is -5.36. The molecule has 4 N–H and O–H groups in total. The van der Waals surface area contributed by atoms with E-state index in [9.17, 15) is 9.59 Å². The Bertz CT molecular complexity index is 1740. The zero-order valence-electron chi connectivity index (χ0n) is 22.2. The predicted molar refractivity (Wildman–Crippen MR) is 156 cm³/mol. The second kappa shape index (κ2) is 11.0. The number of morpholine rings is 1. The summed E-state index contributed by atoms with van der Waals surface area (Å²) in [7, 11) is 1.89. The Labute approximate surface area is 235 Å². The fraction of sp³-hybridized carbons (Fsp3) is 0.172. The van der Waals surface area contributed by atoms with E-state index in [1.54, 1.807) is 47.3 Å². The average molecular weight is 550 g/mol. The zero-order chi connectivity index (χ0) is 28.3. The molecular weight excluding hydrogens is 522 g/mol. The molecule has 5 aromatic rings. The van der Waals surface area contributed by atoms with Gasteiger partial charge in [-0.2, -0.15) is 5.10 Å². The highest BCUT2D eigenvalue weighted by Gasteiger charge is 2.19. The minimum Gasteiger partial charge on any atom is -0.378 e. The standard InChI is InChI=1S/C29H27N9O3/c1-37-17-20(16-32-37)18-6-8-22-24(14-18)33-27(36-28(22)38-10-12-41-13-11-38)19-7-9-25(31-15-19)35-29(40)34-23-5-3-2-4-21(23)26(30)39/h2-9,14-17H,10-13H2,1H3,(H2,30,39)(H2,31,34,35,40). The molecule has 0 spiro atoms. The number of rotatable bonds is 6. The average Bonchev–Trinajstić information content (AvgIpc) is 3.43. The van der Waals surface area contributed by atoms with E-state index in [-0.39, 0.29) is 5.56 Å². The van der Waals surface area contributed by atoms with Crippen LogP contribution in [0.2, 0.25) is 0 Å². The Kier molecular flexibility index (Phi) is 6.96. The van der Waals surface area contributed by atoms with Crippen LogP contribution >= 0.6 is 0 Å². The molecule has 206 valence electrons. The maximum absolute atomic E-state index is 12.6. The van der Waals surface area contributed by atoms with E-state index in [0.717, 1.165) is 40.9 Å². The van der Waals surface area contributed by atoms with Gasteiger partial charge in [0.05, 0.1) is 36.2 Å². The van der Waals surface area contributed by atoms with Crippen molar-refractivity contribution < 1.29 is 14.3 Å². The number of nitrogens with one attached hydrogen (secondary N) is 2. The number of aryl methyl sites for hydroxylation is 1. The second-order valence-electron chi connectivity index (χ2n) is 9.53. The van der Waals surface area contributed by atoms with Gasteiger partial charge in [-0.3, -0.25) is 14.8 Å². The van der Waals surface area contributed by atoms with Gasteiger partial charge in [-0.1, -0.05) is 18.2 Å². The number of ether oxygens (including phenoxy) is 1. The number of pyridine rings is 1. The van der Waals surface area contributed by atoms with Crippen molar-refractivity contribution in [3.8, 4) is 22.5 Å². The highest BCUT2D eigenvalue weighted by atomic mass is 16.5. The number of urea groups is 1. The summed E-state index contributed by atoms with van der Waals surface area (Å²) in [6.07, 6.45) is 5.40. The molecule has 1 aliphatic heterocycles. The molecule has 0 unspecified atom stereocenters. The van der Waals surface area contributed by atoms with Crippen LogP contribution in [-0.2, 0) is 11.8 Å². The molecule has 1 aliphatic rings. The third-order valence-electron chi connectivity index (χ3n) is 6.73. The smallest absolute Gasteiger partial charge is 0.324 e. The molecule has 0 saturated carbocycles. The molecule has 3 amide bonds. The highest BCUT2D eigenvalue weighted by Crippen LogP contribution is 2.31. The lowest BCUT2D eigenvalue weighted by atomic mass is 10.1. The van der Waals surface area contributed by atoms with Crippen LogP contribution in [0.25, 0.3) is 33.4 Å². The van der Waals surface area contributed by atoms with Gasteiger partial charge in [0, 0.05) is 49.0 Å². The van der Waals surface area contributed by atoms with Gasteiger partial charge in [0.15, 0.2) is 5.82 Å². The summed E-state index contributed by atoms with van der Waals surface area (Å²) >= 11 is 0. The van der Waals surface area contributed by atoms with E-state index in [1.165, 1.54) is 0 Å². The summed E-state index contributed by atoms with van der Waals surface area (Å²) in [5, 5.41) is 10.5. The molecule has 12 heteroatoms. The van der Waals surface area contributed by atoms with Crippen LogP contribution in [0.4, 0.5) is 22.1 Å². The summed E-state index contributed by atoms with van der Waals surface area (Å²) in [5.74, 6) is 1.03. The van der Waals surface area contributed by atoms with Crippen molar-refractivity contribution in [2.45, 2.75) is 0 Å². The lowest BCUT2D eigenvalue weighted by molar-refractivity contribution is 0.100. The van der Waals surface area contributed by atoms with Crippen LogP contribution in [0.5, 0.6) is 0 Å². The number of benzene rings is 2. The van der Waals surface area contributed by atoms with E-state index < -0.39 is 11.9 Å². The SMILES string of the molecule is Cn1cc(-c2ccc3c(N4CCOCC4)nc(-c4ccc(NC(=O)Nc5ccccc5C(N)=O)nc4)nc3c2)cn1. The van der Waals surface area contributed by atoms with Crippen molar-refractivity contribution in [2.24, 2.45) is 12.8 Å². The van der Waals surface area contributed by atoms with Gasteiger partial charge in [0.2, 0.25) is 0 Å². The van der Waals surface area contributed by atoms with E-state index >= 15 is 0 Å². The van der Waals surface area contributed by atoms with Crippen molar-refractivity contribution >= 4 is 40.2 Å². The molecule has 1 saturated heterocycles. The number of fused-ring (bicyclic) bond motifs is 1. The fourth-order valence-corrected chi connectivity index (χ4v) is 4.68. The third kappa shape index (κ3) is 5.54. The quantitative estimate of drug-likeness (QED) is 0.290. The number of para-hydroxylation sites is 1. The van der Waals surface area contributed by atoms with Crippen LogP contribution in [0.15, 0.2) is 73.2 Å². The molecule has 4 heterocycles. The third-order valence-corrected chi connectivity index (χ3v) is 6.73. The summed E-state index contributed by atoms with van der Waals surface area (Å²) in [5.41, 5.74) is 9.41. The fourth-order valence-electron chi connectivity index (χ4n) is 4.68. The van der Waals surface area contributed by atoms with Crippen molar-refractivity contribution in [1.29, 1.82) is 0 Å². The van der Waals surface area contributed by atoms with E-state index in [2.05, 4.69) is 31.7 Å². The van der Waals surface area contributed by atoms with Crippen molar-refractivity contribution in [2.75, 3.05) is 41.8 Å². The van der Waals surface area contributed by atoms with E-state index in [0.29, 0.717) is 36.1 Å². The Balaban J connectivity index is 1.29. The first-order valence-corrected chi connectivity index (χ1v) is 13.0. The van der Waals surface area contributed by atoms with Gasteiger partial charge >= 0.3 is 6.03 Å². The number of amides is 3. The molecule has 0 aliphatic carbocycles. The first-order valence-electron chi connectivity index (χ1n) is 13.0. The van der Waals surface area contributed by atoms with Crippen LogP contribution in [0.1, 0.15) is 10.4 Å². The van der Waals surface area contributed by atoms with Crippen LogP contribution in [0, 0.1) is 0 Å². The van der Waals surface area contributed by atoms with Gasteiger partial charge in [-0.05, 0) is 42.0 Å². The number of primary amides is 1. The number of aromatic nitrogens is 5. The lowest BCUT2D eigenvalue weighted by Crippen LogP contribution is -2.37. The first-order chi connectivity index (χ1) is 19.9. The molecule has 0 atom stereocenters. The lowest BCUT2D eigenvalue weighted by Gasteiger charge is -2.29. The summed E-state index contributed by atoms with van der Waals surface area (Å²) in [6.45, 7) is 2.71. The van der Waals surface area contributed by atoms with Crippen molar-refractivity contribution in [1.82, 2.24) is 24.7 Å². The number of hydrogen-bond donors (Lipinski definition) is 3. The minimum atomic E-state index is -0.636. The maximum atomic E-state index is 12.6. The number of hydrogen-bond acceptors (Lipinski definition) is 8. The number of nitrogens with two attached hydrogens (primary N) is 1. The Morgan fingerprint density at radius 3 is 2.46 bits per heavy atom. The predicted octanol–water partition coefficient (Wildman–Crippen LogP) is 3.67. The number of carbonyl (C=O) groups is 2. The molecule has 0 radical (unpaired) electrons. The number of carbonyl (C=O) groups excluding carboxylic acids is 2. The first kappa shape index (κ1) is 25.9. The number of nitrogens with zero attached hydrogens (tertiary/aromatic N) is 6. The normalized spacial score (nSPS) is 13.2. The largest absolute Gasteiger partial charge is 0.378 e. The van der Waals surface area contributed by atoms with Crippen molar-refractivity contribution in [3.63, 3.8) is 0 Å². The van der Waals surface area contributed by atoms with E-state index in [1.807, 2.05) is 31.6 Å². The van der Waals surface area contributed by atoms with E-state index in [4.69, 9.17) is 20.4 Å². The molecule has 3 aromatic heterocycles. The summed E-state index contributed by atoms with van der Waals surface area (Å²) in [4.78, 5) is 40.6. The molecular formula is C29H27N9O3. The Morgan fingerprint density at radius 1 is 0.927 bits per heavy atom. The second-order valence-corrected chi connectivity index (χ2v) is 9.53. The Morgan fingerprint density at radius 2 is 1.73 bits per heavy atom. The summed E-state index contributed by atoms with van der Waals surface area (Å²) < 4.78 is 7.33. The molecule has 12 nitrogen and oxygen atoms in total. The zero-order valence-corrected chi connectivity index (χ0v) is 22.2. The number of anilines is 3. The molecule has 2 aromatic carbocycles. The molecule has 41 heavy (non-hydrogen) atoms. The highest BCUT2D eigenvalue weighted by molar-refractivity contribution is 6.05. The molecule has 1 fully saturated rings. The molecule has 6 rings (SSSR count). The van der Waals surface area contributed by atoms with Crippen molar-refractivity contribution in [3.05, 3.63) is 78.8 Å². The summed E-state index contributed by atoms with van der Waals surface area (Å²) in [6, 6.07) is 15.6. The minimum absolute atomic E-state index is 0.210. The molecule has 0 bridgehead atoms. The topological polar surface area (TPSA) is 153 Å². The van der Waals surface area contributed by atoms with Crippen LogP contribution < -0.4 is 21.3 Å². The monoisotopic (exact) mass is 549 g/mol.